The molecule has 6 heteroatoms. The molecule has 1 aromatic carbocycles. The molecule has 3 N–H and O–H groups in total. The van der Waals surface area contributed by atoms with Crippen LogP contribution in [0.1, 0.15) is 17.7 Å². The van der Waals surface area contributed by atoms with E-state index < -0.39 is 0 Å². The third-order valence-electron chi connectivity index (χ3n) is 3.25. The van der Waals surface area contributed by atoms with Gasteiger partial charge in [-0.1, -0.05) is 35.5 Å². The Morgan fingerprint density at radius 2 is 2.00 bits per heavy atom. The van der Waals surface area contributed by atoms with Gasteiger partial charge in [0.15, 0.2) is 0 Å². The van der Waals surface area contributed by atoms with Crippen LogP contribution in [0.3, 0.4) is 0 Å². The van der Waals surface area contributed by atoms with E-state index in [1.807, 2.05) is 24.4 Å². The molecule has 0 fully saturated rings. The first-order valence-electron chi connectivity index (χ1n) is 7.20. The van der Waals surface area contributed by atoms with E-state index in [1.54, 1.807) is 4.68 Å². The minimum Gasteiger partial charge on any atom is -0.396 e. The second-order valence-corrected chi connectivity index (χ2v) is 5.00. The predicted octanol–water partition coefficient (Wildman–Crippen LogP) is 0.354. The maximum Gasteiger partial charge on any atom is 0.0964 e. The van der Waals surface area contributed by atoms with Crippen LogP contribution in [0.2, 0.25) is 0 Å². The summed E-state index contributed by atoms with van der Waals surface area (Å²) in [6.07, 6.45) is 3.30. The van der Waals surface area contributed by atoms with Crippen molar-refractivity contribution in [3.63, 3.8) is 0 Å². The maximum atomic E-state index is 9.46. The van der Waals surface area contributed by atoms with Crippen molar-refractivity contribution >= 4 is 0 Å². The summed E-state index contributed by atoms with van der Waals surface area (Å²) < 4.78 is 1.72. The smallest absolute Gasteiger partial charge is 0.0964 e. The Hall–Kier alpha value is -1.76. The monoisotopic (exact) mass is 290 g/mol. The summed E-state index contributed by atoms with van der Waals surface area (Å²) in [6, 6.07) is 10.1. The molecule has 0 aliphatic heterocycles. The van der Waals surface area contributed by atoms with Crippen molar-refractivity contribution in [3.8, 4) is 0 Å². The molecule has 1 aromatic heterocycles. The predicted molar refractivity (Wildman–Crippen MR) is 79.6 cm³/mol. The first-order chi connectivity index (χ1) is 10.3. The molecule has 2 aromatic rings. The Balaban J connectivity index is 1.81. The van der Waals surface area contributed by atoms with Gasteiger partial charge < -0.3 is 15.5 Å². The molecule has 0 spiro atoms. The summed E-state index contributed by atoms with van der Waals surface area (Å²) >= 11 is 0. The number of benzene rings is 1. The molecule has 21 heavy (non-hydrogen) atoms. The van der Waals surface area contributed by atoms with E-state index >= 15 is 0 Å². The van der Waals surface area contributed by atoms with Crippen LogP contribution in [0.15, 0.2) is 36.5 Å². The second kappa shape index (κ2) is 8.51. The van der Waals surface area contributed by atoms with Gasteiger partial charge in [0.05, 0.1) is 12.3 Å². The van der Waals surface area contributed by atoms with E-state index in [4.69, 9.17) is 5.11 Å². The first kappa shape index (κ1) is 15.6. The summed E-state index contributed by atoms with van der Waals surface area (Å²) in [4.78, 5) is 0. The number of hydrogen-bond donors (Lipinski definition) is 3. The number of hydrogen-bond acceptors (Lipinski definition) is 5. The highest BCUT2D eigenvalue weighted by Gasteiger charge is 2.09. The van der Waals surface area contributed by atoms with Crippen LogP contribution in [0.5, 0.6) is 0 Å². The largest absolute Gasteiger partial charge is 0.396 e. The SMILES string of the molecule is OCCCn1cc(CN[C@@H](CO)Cc2ccccc2)nn1. The zero-order chi connectivity index (χ0) is 14.9. The molecule has 0 aliphatic carbocycles. The highest BCUT2D eigenvalue weighted by atomic mass is 16.3. The van der Waals surface area contributed by atoms with Gasteiger partial charge in [-0.2, -0.15) is 0 Å². The number of aryl methyl sites for hydroxylation is 1. The zero-order valence-electron chi connectivity index (χ0n) is 12.0. The standard InChI is InChI=1S/C15H22N4O2/c20-8-4-7-19-11-15(17-18-19)10-16-14(12-21)9-13-5-2-1-3-6-13/h1-3,5-6,11,14,16,20-21H,4,7-10,12H2/t14-/m1/s1. The van der Waals surface area contributed by atoms with Gasteiger partial charge in [-0.05, 0) is 18.4 Å². The number of nitrogens with one attached hydrogen (secondary N) is 1. The number of rotatable bonds is 9. The van der Waals surface area contributed by atoms with Crippen molar-refractivity contribution in [3.05, 3.63) is 47.8 Å². The highest BCUT2D eigenvalue weighted by molar-refractivity contribution is 5.15. The summed E-state index contributed by atoms with van der Waals surface area (Å²) in [5, 5.41) is 29.6. The number of aromatic nitrogens is 3. The van der Waals surface area contributed by atoms with Gasteiger partial charge in [0, 0.05) is 31.9 Å². The van der Waals surface area contributed by atoms with Gasteiger partial charge in [-0.3, -0.25) is 4.68 Å². The highest BCUT2D eigenvalue weighted by Crippen LogP contribution is 2.04. The number of aliphatic hydroxyl groups is 2. The summed E-state index contributed by atoms with van der Waals surface area (Å²) in [5.41, 5.74) is 2.02. The lowest BCUT2D eigenvalue weighted by Crippen LogP contribution is -2.34. The van der Waals surface area contributed by atoms with E-state index in [0.29, 0.717) is 19.5 Å². The van der Waals surface area contributed by atoms with Crippen LogP contribution in [0, 0.1) is 0 Å². The minimum absolute atomic E-state index is 0.00464. The van der Waals surface area contributed by atoms with Crippen molar-refractivity contribution < 1.29 is 10.2 Å². The van der Waals surface area contributed by atoms with E-state index in [9.17, 15) is 5.11 Å². The molecular weight excluding hydrogens is 268 g/mol. The molecule has 1 heterocycles. The lowest BCUT2D eigenvalue weighted by Gasteiger charge is -2.15. The van der Waals surface area contributed by atoms with E-state index in [-0.39, 0.29) is 19.3 Å². The van der Waals surface area contributed by atoms with Crippen molar-refractivity contribution in [1.29, 1.82) is 0 Å². The van der Waals surface area contributed by atoms with Gasteiger partial charge in [0.2, 0.25) is 0 Å². The Labute approximate surface area is 124 Å². The quantitative estimate of drug-likeness (QED) is 0.621. The normalized spacial score (nSPS) is 12.5. The third kappa shape index (κ3) is 5.26. The average molecular weight is 290 g/mol. The third-order valence-corrected chi connectivity index (χ3v) is 3.25. The molecule has 0 saturated heterocycles. The van der Waals surface area contributed by atoms with Crippen molar-refractivity contribution in [2.75, 3.05) is 13.2 Å². The molecule has 0 radical (unpaired) electrons. The fourth-order valence-electron chi connectivity index (χ4n) is 2.11. The van der Waals surface area contributed by atoms with E-state index in [2.05, 4.69) is 27.8 Å². The fraction of sp³-hybridized carbons (Fsp3) is 0.467. The fourth-order valence-corrected chi connectivity index (χ4v) is 2.11. The van der Waals surface area contributed by atoms with Gasteiger partial charge in [0.25, 0.3) is 0 Å². The summed E-state index contributed by atoms with van der Waals surface area (Å²) in [6.45, 7) is 1.46. The number of aliphatic hydroxyl groups excluding tert-OH is 2. The average Bonchev–Trinajstić information content (AvgIpc) is 2.98. The van der Waals surface area contributed by atoms with Crippen molar-refractivity contribution in [2.24, 2.45) is 0 Å². The Bertz CT molecular complexity index is 515. The molecule has 1 atom stereocenters. The van der Waals surface area contributed by atoms with Crippen LogP contribution in [0.4, 0.5) is 0 Å². The van der Waals surface area contributed by atoms with Gasteiger partial charge in [-0.25, -0.2) is 0 Å². The molecule has 0 aliphatic rings. The molecule has 0 bridgehead atoms. The first-order valence-corrected chi connectivity index (χ1v) is 7.20. The van der Waals surface area contributed by atoms with Crippen LogP contribution in [0.25, 0.3) is 0 Å². The Morgan fingerprint density at radius 3 is 2.71 bits per heavy atom. The van der Waals surface area contributed by atoms with Crippen LogP contribution >= 0.6 is 0 Å². The van der Waals surface area contributed by atoms with Gasteiger partial charge >= 0.3 is 0 Å². The van der Waals surface area contributed by atoms with E-state index in [0.717, 1.165) is 12.1 Å². The molecule has 0 unspecified atom stereocenters. The van der Waals surface area contributed by atoms with Crippen LogP contribution in [-0.4, -0.2) is 44.5 Å². The lowest BCUT2D eigenvalue weighted by molar-refractivity contribution is 0.240. The van der Waals surface area contributed by atoms with Crippen LogP contribution < -0.4 is 5.32 Å². The maximum absolute atomic E-state index is 9.46. The van der Waals surface area contributed by atoms with Crippen molar-refractivity contribution in [2.45, 2.75) is 32.0 Å². The summed E-state index contributed by atoms with van der Waals surface area (Å²) in [5.74, 6) is 0. The topological polar surface area (TPSA) is 83.2 Å². The second-order valence-electron chi connectivity index (χ2n) is 5.00. The Kier molecular flexibility index (Phi) is 6.33. The summed E-state index contributed by atoms with van der Waals surface area (Å²) in [7, 11) is 0. The molecule has 0 amide bonds. The zero-order valence-corrected chi connectivity index (χ0v) is 12.0. The van der Waals surface area contributed by atoms with E-state index in [1.165, 1.54) is 5.56 Å². The minimum atomic E-state index is -0.00464. The van der Waals surface area contributed by atoms with Crippen LogP contribution in [-0.2, 0) is 19.5 Å². The molecule has 6 nitrogen and oxygen atoms in total. The number of nitrogens with zero attached hydrogens (tertiary/aromatic N) is 3. The molecule has 2 rings (SSSR count). The van der Waals surface area contributed by atoms with Gasteiger partial charge in [-0.15, -0.1) is 5.10 Å². The Morgan fingerprint density at radius 1 is 1.19 bits per heavy atom. The molecule has 0 saturated carbocycles. The van der Waals surface area contributed by atoms with Gasteiger partial charge in [0.1, 0.15) is 0 Å². The molecular formula is C15H22N4O2. The lowest BCUT2D eigenvalue weighted by atomic mass is 10.1. The molecule has 114 valence electrons. The van der Waals surface area contributed by atoms with Crippen molar-refractivity contribution in [1.82, 2.24) is 20.3 Å².